The Labute approximate surface area is 124 Å². The Morgan fingerprint density at radius 3 is 2.33 bits per heavy atom. The summed E-state index contributed by atoms with van der Waals surface area (Å²) in [6.45, 7) is 0. The molecule has 0 fully saturated rings. The Hall–Kier alpha value is -2.22. The van der Waals surface area contributed by atoms with Crippen molar-refractivity contribution in [3.8, 4) is 0 Å². The van der Waals surface area contributed by atoms with Gasteiger partial charge in [0.2, 0.25) is 21.7 Å². The van der Waals surface area contributed by atoms with Crippen LogP contribution in [0.2, 0.25) is 0 Å². The molecule has 2 aromatic rings. The van der Waals surface area contributed by atoms with Crippen LogP contribution in [0.25, 0.3) is 0 Å². The largest absolute Gasteiger partial charge is 0.357 e. The van der Waals surface area contributed by atoms with Gasteiger partial charge in [0.15, 0.2) is 0 Å². The average Bonchev–Trinajstić information content (AvgIpc) is 2.47. The highest BCUT2D eigenvalue weighted by Crippen LogP contribution is 2.16. The number of aromatic nitrogens is 3. The molecule has 0 amide bonds. The van der Waals surface area contributed by atoms with Crippen LogP contribution in [0.15, 0.2) is 35.5 Å². The fourth-order valence-corrected chi connectivity index (χ4v) is 2.86. The predicted octanol–water partition coefficient (Wildman–Crippen LogP) is 0.953. The molecule has 0 aliphatic heterocycles. The predicted molar refractivity (Wildman–Crippen MR) is 81.0 cm³/mol. The zero-order chi connectivity index (χ0) is 15.5. The van der Waals surface area contributed by atoms with E-state index in [0.717, 1.165) is 0 Å². The Kier molecular flexibility index (Phi) is 4.37. The molecule has 1 aromatic carbocycles. The lowest BCUT2D eigenvalue weighted by Gasteiger charge is -2.12. The summed E-state index contributed by atoms with van der Waals surface area (Å²) < 4.78 is 24.9. The summed E-state index contributed by atoms with van der Waals surface area (Å²) >= 11 is 0. The molecule has 8 heteroatoms. The van der Waals surface area contributed by atoms with E-state index >= 15 is 0 Å². The molecule has 1 aromatic heterocycles. The minimum atomic E-state index is -3.63. The third-order valence-electron chi connectivity index (χ3n) is 2.70. The smallest absolute Gasteiger partial charge is 0.253 e. The number of nitrogens with one attached hydrogen (secondary N) is 1. The van der Waals surface area contributed by atoms with Gasteiger partial charge in [-0.05, 0) is 5.56 Å². The summed E-state index contributed by atoms with van der Waals surface area (Å²) in [4.78, 5) is 13.7. The number of rotatable bonds is 5. The second-order valence-corrected chi connectivity index (χ2v) is 6.51. The van der Waals surface area contributed by atoms with E-state index in [1.54, 1.807) is 50.3 Å². The maximum atomic E-state index is 12.4. The van der Waals surface area contributed by atoms with Crippen molar-refractivity contribution in [1.29, 1.82) is 0 Å². The van der Waals surface area contributed by atoms with Crippen molar-refractivity contribution in [2.24, 2.45) is 0 Å². The average molecular weight is 307 g/mol. The number of nitrogens with zero attached hydrogens (tertiary/aromatic N) is 4. The normalized spacial score (nSPS) is 11.2. The molecular formula is C13H17N5O2S. The monoisotopic (exact) mass is 307 g/mol. The Morgan fingerprint density at radius 2 is 1.76 bits per heavy atom. The maximum absolute atomic E-state index is 12.4. The molecule has 2 rings (SSSR count). The van der Waals surface area contributed by atoms with Crippen molar-refractivity contribution in [2.75, 3.05) is 31.4 Å². The molecule has 1 heterocycles. The lowest BCUT2D eigenvalue weighted by molar-refractivity contribution is 0.585. The second kappa shape index (κ2) is 6.04. The van der Waals surface area contributed by atoms with Gasteiger partial charge in [-0.2, -0.15) is 15.0 Å². The van der Waals surface area contributed by atoms with Crippen LogP contribution in [0.3, 0.4) is 0 Å². The number of benzene rings is 1. The van der Waals surface area contributed by atoms with Crippen LogP contribution in [0, 0.1) is 0 Å². The van der Waals surface area contributed by atoms with Gasteiger partial charge < -0.3 is 10.2 Å². The summed E-state index contributed by atoms with van der Waals surface area (Å²) in [5.74, 6) is 0.370. The molecule has 0 bridgehead atoms. The molecule has 0 unspecified atom stereocenters. The van der Waals surface area contributed by atoms with Crippen molar-refractivity contribution in [2.45, 2.75) is 10.9 Å². The molecule has 7 nitrogen and oxygen atoms in total. The molecule has 1 N–H and O–H groups in total. The zero-order valence-corrected chi connectivity index (χ0v) is 12.9. The van der Waals surface area contributed by atoms with Gasteiger partial charge in [-0.3, -0.25) is 0 Å². The first-order valence-electron chi connectivity index (χ1n) is 6.30. The maximum Gasteiger partial charge on any atom is 0.253 e. The van der Waals surface area contributed by atoms with E-state index in [1.807, 2.05) is 6.07 Å². The van der Waals surface area contributed by atoms with Crippen molar-refractivity contribution in [3.63, 3.8) is 0 Å². The highest BCUT2D eigenvalue weighted by Gasteiger charge is 2.21. The third-order valence-corrected chi connectivity index (χ3v) is 4.16. The van der Waals surface area contributed by atoms with Gasteiger partial charge in [0.05, 0.1) is 5.75 Å². The highest BCUT2D eigenvalue weighted by molar-refractivity contribution is 7.90. The number of hydrogen-bond donors (Lipinski definition) is 1. The number of sulfone groups is 1. The van der Waals surface area contributed by atoms with Crippen molar-refractivity contribution < 1.29 is 8.42 Å². The SMILES string of the molecule is CNc1nc(N(C)C)nc(S(=O)(=O)Cc2ccccc2)n1. The van der Waals surface area contributed by atoms with Crippen LogP contribution >= 0.6 is 0 Å². The first-order valence-corrected chi connectivity index (χ1v) is 7.95. The first-order chi connectivity index (χ1) is 9.92. The summed E-state index contributed by atoms with van der Waals surface area (Å²) in [5, 5.41) is 2.52. The lowest BCUT2D eigenvalue weighted by Crippen LogP contribution is -2.18. The van der Waals surface area contributed by atoms with E-state index in [1.165, 1.54) is 0 Å². The molecule has 21 heavy (non-hydrogen) atoms. The van der Waals surface area contributed by atoms with E-state index in [9.17, 15) is 8.42 Å². The van der Waals surface area contributed by atoms with Gasteiger partial charge >= 0.3 is 0 Å². The van der Waals surface area contributed by atoms with E-state index in [2.05, 4.69) is 20.3 Å². The van der Waals surface area contributed by atoms with Gasteiger partial charge in [0.1, 0.15) is 0 Å². The molecule has 0 radical (unpaired) electrons. The van der Waals surface area contributed by atoms with E-state index in [4.69, 9.17) is 0 Å². The third kappa shape index (κ3) is 3.66. The van der Waals surface area contributed by atoms with Crippen LogP contribution in [0.4, 0.5) is 11.9 Å². The van der Waals surface area contributed by atoms with Gasteiger partial charge in [-0.15, -0.1) is 0 Å². The highest BCUT2D eigenvalue weighted by atomic mass is 32.2. The molecule has 0 atom stereocenters. The zero-order valence-electron chi connectivity index (χ0n) is 12.1. The fraction of sp³-hybridized carbons (Fsp3) is 0.308. The standard InChI is InChI=1S/C13H17N5O2S/c1-14-11-15-12(18(2)3)17-13(16-11)21(19,20)9-10-7-5-4-6-8-10/h4-8H,9H2,1-3H3,(H,14,15,16,17). The van der Waals surface area contributed by atoms with Crippen LogP contribution < -0.4 is 10.2 Å². The van der Waals surface area contributed by atoms with Gasteiger partial charge in [0, 0.05) is 21.1 Å². The van der Waals surface area contributed by atoms with Gasteiger partial charge in [-0.1, -0.05) is 30.3 Å². The first kappa shape index (κ1) is 15.2. The minimum Gasteiger partial charge on any atom is -0.357 e. The molecule has 112 valence electrons. The number of anilines is 2. The number of hydrogen-bond acceptors (Lipinski definition) is 7. The van der Waals surface area contributed by atoms with Gasteiger partial charge in [-0.25, -0.2) is 8.42 Å². The van der Waals surface area contributed by atoms with Crippen molar-refractivity contribution in [1.82, 2.24) is 15.0 Å². The van der Waals surface area contributed by atoms with Crippen molar-refractivity contribution in [3.05, 3.63) is 35.9 Å². The molecule has 0 spiro atoms. The van der Waals surface area contributed by atoms with Gasteiger partial charge in [0.25, 0.3) is 5.16 Å². The quantitative estimate of drug-likeness (QED) is 0.880. The Balaban J connectivity index is 2.42. The molecule has 0 aliphatic rings. The van der Waals surface area contributed by atoms with E-state index in [-0.39, 0.29) is 16.9 Å². The lowest BCUT2D eigenvalue weighted by atomic mass is 10.2. The molecular weight excluding hydrogens is 290 g/mol. The fourth-order valence-electron chi connectivity index (χ4n) is 1.65. The van der Waals surface area contributed by atoms with E-state index in [0.29, 0.717) is 11.5 Å². The minimum absolute atomic E-state index is 0.145. The van der Waals surface area contributed by atoms with Crippen LogP contribution in [0.5, 0.6) is 0 Å². The van der Waals surface area contributed by atoms with Crippen LogP contribution in [-0.2, 0) is 15.6 Å². The Bertz CT molecular complexity index is 717. The van der Waals surface area contributed by atoms with Crippen molar-refractivity contribution >= 4 is 21.7 Å². The van der Waals surface area contributed by atoms with Crippen LogP contribution in [0.1, 0.15) is 5.56 Å². The summed E-state index contributed by atoms with van der Waals surface area (Å²) in [6.07, 6.45) is 0. The van der Waals surface area contributed by atoms with E-state index < -0.39 is 9.84 Å². The summed E-state index contributed by atoms with van der Waals surface area (Å²) in [5.41, 5.74) is 0.690. The molecule has 0 saturated carbocycles. The molecule has 0 aliphatic carbocycles. The molecule has 0 saturated heterocycles. The topological polar surface area (TPSA) is 88.1 Å². The van der Waals surface area contributed by atoms with Crippen LogP contribution in [-0.4, -0.2) is 44.5 Å². The Morgan fingerprint density at radius 1 is 1.10 bits per heavy atom. The second-order valence-electron chi connectivity index (χ2n) is 4.63. The summed E-state index contributed by atoms with van der Waals surface area (Å²) in [7, 11) is 1.47. The summed E-state index contributed by atoms with van der Waals surface area (Å²) in [6, 6.07) is 8.93.